The molecule has 0 unspecified atom stereocenters. The molecule has 0 aliphatic carbocycles. The van der Waals surface area contributed by atoms with Gasteiger partial charge in [-0.25, -0.2) is 18.6 Å². The molecule has 8 heteroatoms. The molecule has 0 saturated carbocycles. The zero-order valence-electron chi connectivity index (χ0n) is 9.09. The summed E-state index contributed by atoms with van der Waals surface area (Å²) in [5, 5.41) is 0. The molecule has 0 N–H and O–H groups in total. The summed E-state index contributed by atoms with van der Waals surface area (Å²) >= 11 is 0. The highest BCUT2D eigenvalue weighted by molar-refractivity contribution is 5.89. The molecule has 0 fully saturated rings. The lowest BCUT2D eigenvalue weighted by Gasteiger charge is -2.11. The molecule has 1 rings (SSSR count). The van der Waals surface area contributed by atoms with Gasteiger partial charge in [-0.3, -0.25) is 0 Å². The van der Waals surface area contributed by atoms with Crippen LogP contribution in [0.2, 0.25) is 0 Å². The Balaban J connectivity index is 3.29. The van der Waals surface area contributed by atoms with Crippen LogP contribution in [0.1, 0.15) is 35.1 Å². The number of halogens is 5. The van der Waals surface area contributed by atoms with Crippen molar-refractivity contribution < 1.29 is 31.5 Å². The van der Waals surface area contributed by atoms with E-state index < -0.39 is 35.5 Å². The number of ether oxygens (including phenoxy) is 1. The molecule has 0 saturated heterocycles. The third-order valence-corrected chi connectivity index (χ3v) is 1.92. The smallest absolute Gasteiger partial charge is 0.433 e. The largest absolute Gasteiger partial charge is 0.461 e. The third-order valence-electron chi connectivity index (χ3n) is 1.92. The normalized spacial score (nSPS) is 11.7. The van der Waals surface area contributed by atoms with Crippen LogP contribution in [0, 0.1) is 0 Å². The van der Waals surface area contributed by atoms with Gasteiger partial charge < -0.3 is 4.74 Å². The molecule has 0 atom stereocenters. The molecule has 3 nitrogen and oxygen atoms in total. The summed E-state index contributed by atoms with van der Waals surface area (Å²) in [7, 11) is 0. The fourth-order valence-electron chi connectivity index (χ4n) is 1.17. The number of nitrogens with zero attached hydrogens (tertiary/aromatic N) is 1. The molecule has 0 radical (unpaired) electrons. The van der Waals surface area contributed by atoms with Gasteiger partial charge in [0, 0.05) is 0 Å². The molecule has 0 aromatic carbocycles. The van der Waals surface area contributed by atoms with Crippen molar-refractivity contribution in [1.29, 1.82) is 0 Å². The Morgan fingerprint density at radius 2 is 2.00 bits per heavy atom. The Labute approximate surface area is 98.6 Å². The first-order valence-corrected chi connectivity index (χ1v) is 4.80. The summed E-state index contributed by atoms with van der Waals surface area (Å²) in [6, 6.07) is 0.914. The summed E-state index contributed by atoms with van der Waals surface area (Å²) in [6.45, 7) is 1.24. The number of carbonyl (C=O) groups excluding carboxylic acids is 1. The first kappa shape index (κ1) is 14.3. The number of hydrogen-bond donors (Lipinski definition) is 0. The average Bonchev–Trinajstić information content (AvgIpc) is 2.27. The van der Waals surface area contributed by atoms with E-state index >= 15 is 0 Å². The number of rotatable bonds is 3. The van der Waals surface area contributed by atoms with Gasteiger partial charge in [-0.2, -0.15) is 13.2 Å². The second kappa shape index (κ2) is 5.28. The Morgan fingerprint density at radius 3 is 2.44 bits per heavy atom. The number of pyridine rings is 1. The molecule has 1 heterocycles. The third kappa shape index (κ3) is 3.14. The minimum atomic E-state index is -4.82. The van der Waals surface area contributed by atoms with Gasteiger partial charge in [-0.1, -0.05) is 0 Å². The number of alkyl halides is 5. The van der Waals surface area contributed by atoms with E-state index in [0.29, 0.717) is 12.1 Å². The molecular weight excluding hydrogens is 261 g/mol. The molecule has 0 bridgehead atoms. The predicted octanol–water partition coefficient (Wildman–Crippen LogP) is 3.21. The standard InChI is InChI=1S/C10H8F5NO2/c1-2-18-9(17)7-5(8(11)12)3-4-6(16-7)10(13,14)15/h3-4,8H,2H2,1H3. The van der Waals surface area contributed by atoms with Crippen molar-refractivity contribution in [2.75, 3.05) is 6.61 Å². The molecule has 1 aromatic heterocycles. The molecular formula is C10H8F5NO2. The minimum absolute atomic E-state index is 0.153. The van der Waals surface area contributed by atoms with E-state index in [-0.39, 0.29) is 6.61 Å². The van der Waals surface area contributed by atoms with Gasteiger partial charge in [0.2, 0.25) is 0 Å². The van der Waals surface area contributed by atoms with Crippen molar-refractivity contribution in [3.63, 3.8) is 0 Å². The van der Waals surface area contributed by atoms with Gasteiger partial charge in [0.05, 0.1) is 12.2 Å². The molecule has 0 spiro atoms. The monoisotopic (exact) mass is 269 g/mol. The highest BCUT2D eigenvalue weighted by Gasteiger charge is 2.34. The summed E-state index contributed by atoms with van der Waals surface area (Å²) in [6.07, 6.45) is -7.93. The summed E-state index contributed by atoms with van der Waals surface area (Å²) in [5.74, 6) is -1.31. The Hall–Kier alpha value is -1.73. The van der Waals surface area contributed by atoms with E-state index in [4.69, 9.17) is 0 Å². The van der Waals surface area contributed by atoms with Crippen LogP contribution in [0.5, 0.6) is 0 Å². The number of aromatic nitrogens is 1. The van der Waals surface area contributed by atoms with E-state index in [9.17, 15) is 26.7 Å². The minimum Gasteiger partial charge on any atom is -0.461 e. The maximum absolute atomic E-state index is 12.5. The van der Waals surface area contributed by atoms with Crippen LogP contribution in [0.15, 0.2) is 12.1 Å². The van der Waals surface area contributed by atoms with Crippen molar-refractivity contribution in [3.05, 3.63) is 29.1 Å². The number of esters is 1. The van der Waals surface area contributed by atoms with E-state index in [2.05, 4.69) is 9.72 Å². The average molecular weight is 269 g/mol. The fraction of sp³-hybridized carbons (Fsp3) is 0.400. The van der Waals surface area contributed by atoms with E-state index in [1.165, 1.54) is 6.92 Å². The van der Waals surface area contributed by atoms with Crippen LogP contribution in [-0.2, 0) is 10.9 Å². The number of hydrogen-bond acceptors (Lipinski definition) is 3. The van der Waals surface area contributed by atoms with E-state index in [1.807, 2.05) is 0 Å². The van der Waals surface area contributed by atoms with Gasteiger partial charge >= 0.3 is 12.1 Å². The van der Waals surface area contributed by atoms with Crippen LogP contribution >= 0.6 is 0 Å². The first-order chi connectivity index (χ1) is 8.27. The van der Waals surface area contributed by atoms with Gasteiger partial charge in [0.25, 0.3) is 6.43 Å². The van der Waals surface area contributed by atoms with Crippen molar-refractivity contribution in [2.45, 2.75) is 19.5 Å². The van der Waals surface area contributed by atoms with Crippen LogP contribution < -0.4 is 0 Å². The van der Waals surface area contributed by atoms with Crippen LogP contribution in [0.4, 0.5) is 22.0 Å². The van der Waals surface area contributed by atoms with Gasteiger partial charge in [-0.05, 0) is 19.1 Å². The summed E-state index contributed by atoms with van der Waals surface area (Å²) in [4.78, 5) is 14.2. The Bertz CT molecular complexity index is 444. The summed E-state index contributed by atoms with van der Waals surface area (Å²) in [5.41, 5.74) is -3.32. The van der Waals surface area contributed by atoms with Crippen LogP contribution in [0.25, 0.3) is 0 Å². The maximum atomic E-state index is 12.5. The van der Waals surface area contributed by atoms with Gasteiger partial charge in [0.1, 0.15) is 5.69 Å². The lowest BCUT2D eigenvalue weighted by Crippen LogP contribution is -2.16. The highest BCUT2D eigenvalue weighted by Crippen LogP contribution is 2.30. The van der Waals surface area contributed by atoms with Crippen molar-refractivity contribution >= 4 is 5.97 Å². The van der Waals surface area contributed by atoms with Crippen LogP contribution in [0.3, 0.4) is 0 Å². The fourth-order valence-corrected chi connectivity index (χ4v) is 1.17. The SMILES string of the molecule is CCOC(=O)c1nc(C(F)(F)F)ccc1C(F)F. The van der Waals surface area contributed by atoms with Gasteiger partial charge in [-0.15, -0.1) is 0 Å². The Morgan fingerprint density at radius 1 is 1.39 bits per heavy atom. The van der Waals surface area contributed by atoms with Gasteiger partial charge in [0.15, 0.2) is 5.69 Å². The second-order valence-corrected chi connectivity index (χ2v) is 3.15. The highest BCUT2D eigenvalue weighted by atomic mass is 19.4. The molecule has 1 aromatic rings. The predicted molar refractivity (Wildman–Crippen MR) is 50.2 cm³/mol. The van der Waals surface area contributed by atoms with Crippen molar-refractivity contribution in [3.8, 4) is 0 Å². The van der Waals surface area contributed by atoms with Crippen molar-refractivity contribution in [1.82, 2.24) is 4.98 Å². The van der Waals surface area contributed by atoms with Crippen LogP contribution in [-0.4, -0.2) is 17.6 Å². The molecule has 0 amide bonds. The number of carbonyl (C=O) groups is 1. The zero-order chi connectivity index (χ0) is 13.9. The van der Waals surface area contributed by atoms with Crippen molar-refractivity contribution in [2.24, 2.45) is 0 Å². The lowest BCUT2D eigenvalue weighted by atomic mass is 10.1. The zero-order valence-corrected chi connectivity index (χ0v) is 9.09. The lowest BCUT2D eigenvalue weighted by molar-refractivity contribution is -0.141. The maximum Gasteiger partial charge on any atom is 0.433 e. The quantitative estimate of drug-likeness (QED) is 0.624. The molecule has 18 heavy (non-hydrogen) atoms. The summed E-state index contributed by atoms with van der Waals surface area (Å²) < 4.78 is 66.5. The molecule has 100 valence electrons. The van der Waals surface area contributed by atoms with E-state index in [0.717, 1.165) is 0 Å². The topological polar surface area (TPSA) is 39.2 Å². The first-order valence-electron chi connectivity index (χ1n) is 4.80. The van der Waals surface area contributed by atoms with E-state index in [1.54, 1.807) is 0 Å². The molecule has 0 aliphatic rings. The second-order valence-electron chi connectivity index (χ2n) is 3.15. The Kier molecular flexibility index (Phi) is 4.20. The molecule has 0 aliphatic heterocycles.